The van der Waals surface area contributed by atoms with E-state index in [0.717, 1.165) is 0 Å². The number of carbonyl (C=O) groups excluding carboxylic acids is 1. The standard InChI is InChI=1S/C7H10O5/c1-2-5-11-12-7(10)4-3-6(8)9/h2H,1,3-5H2,(H,8,9). The van der Waals surface area contributed by atoms with E-state index in [9.17, 15) is 9.59 Å². The molecule has 0 aromatic carbocycles. The zero-order valence-electron chi connectivity index (χ0n) is 6.49. The molecule has 1 N–H and O–H groups in total. The monoisotopic (exact) mass is 174 g/mol. The zero-order chi connectivity index (χ0) is 9.40. The van der Waals surface area contributed by atoms with Crippen LogP contribution in [0.25, 0.3) is 0 Å². The summed E-state index contributed by atoms with van der Waals surface area (Å²) in [6.45, 7) is 3.42. The van der Waals surface area contributed by atoms with E-state index in [1.54, 1.807) is 0 Å². The molecule has 12 heavy (non-hydrogen) atoms. The first kappa shape index (κ1) is 10.6. The van der Waals surface area contributed by atoms with Crippen LogP contribution < -0.4 is 0 Å². The maximum Gasteiger partial charge on any atom is 0.342 e. The summed E-state index contributed by atoms with van der Waals surface area (Å²) in [5.74, 6) is -1.74. The molecular formula is C7H10O5. The van der Waals surface area contributed by atoms with Crippen molar-refractivity contribution in [3.8, 4) is 0 Å². The van der Waals surface area contributed by atoms with Gasteiger partial charge in [0, 0.05) is 0 Å². The van der Waals surface area contributed by atoms with E-state index in [1.165, 1.54) is 6.08 Å². The molecule has 5 nitrogen and oxygen atoms in total. The Morgan fingerprint density at radius 1 is 1.42 bits per heavy atom. The molecule has 0 fully saturated rings. The average molecular weight is 174 g/mol. The number of carboxylic acid groups (broad SMARTS) is 1. The quantitative estimate of drug-likeness (QED) is 0.275. The Morgan fingerprint density at radius 2 is 2.08 bits per heavy atom. The number of hydrogen-bond donors (Lipinski definition) is 1. The molecule has 0 unspecified atom stereocenters. The fourth-order valence-electron chi connectivity index (χ4n) is 0.399. The van der Waals surface area contributed by atoms with Crippen LogP contribution in [0.5, 0.6) is 0 Å². The van der Waals surface area contributed by atoms with Crippen LogP contribution in [0, 0.1) is 0 Å². The zero-order valence-corrected chi connectivity index (χ0v) is 6.49. The van der Waals surface area contributed by atoms with Crippen LogP contribution in [0.15, 0.2) is 12.7 Å². The summed E-state index contributed by atoms with van der Waals surface area (Å²) in [6, 6.07) is 0. The number of rotatable bonds is 6. The van der Waals surface area contributed by atoms with Crippen LogP contribution in [0.2, 0.25) is 0 Å². The Hall–Kier alpha value is -1.36. The van der Waals surface area contributed by atoms with Gasteiger partial charge in [0.15, 0.2) is 0 Å². The Kier molecular flexibility index (Phi) is 5.64. The van der Waals surface area contributed by atoms with Crippen molar-refractivity contribution in [3.63, 3.8) is 0 Å². The molecule has 0 rings (SSSR count). The van der Waals surface area contributed by atoms with Gasteiger partial charge in [0.25, 0.3) is 0 Å². The molecule has 0 bridgehead atoms. The van der Waals surface area contributed by atoms with Gasteiger partial charge < -0.3 is 5.11 Å². The summed E-state index contributed by atoms with van der Waals surface area (Å²) in [7, 11) is 0. The fraction of sp³-hybridized carbons (Fsp3) is 0.429. The molecule has 0 saturated heterocycles. The van der Waals surface area contributed by atoms with Gasteiger partial charge in [0.1, 0.15) is 6.61 Å². The average Bonchev–Trinajstić information content (AvgIpc) is 2.01. The summed E-state index contributed by atoms with van der Waals surface area (Å²) in [4.78, 5) is 29.0. The maximum atomic E-state index is 10.6. The molecule has 0 radical (unpaired) electrons. The van der Waals surface area contributed by atoms with E-state index in [2.05, 4.69) is 16.4 Å². The Bertz CT molecular complexity index is 175. The summed E-state index contributed by atoms with van der Waals surface area (Å²) in [5.41, 5.74) is 0. The highest BCUT2D eigenvalue weighted by Gasteiger charge is 2.06. The molecule has 68 valence electrons. The predicted octanol–water partition coefficient (Wildman–Crippen LogP) is 0.512. The predicted molar refractivity (Wildman–Crippen MR) is 39.1 cm³/mol. The van der Waals surface area contributed by atoms with Crippen molar-refractivity contribution in [3.05, 3.63) is 12.7 Å². The normalized spacial score (nSPS) is 9.00. The van der Waals surface area contributed by atoms with Gasteiger partial charge in [-0.05, 0) is 0 Å². The Labute approximate surface area is 69.5 Å². The van der Waals surface area contributed by atoms with Crippen molar-refractivity contribution in [2.75, 3.05) is 6.61 Å². The minimum atomic E-state index is -1.05. The second kappa shape index (κ2) is 6.36. The minimum absolute atomic E-state index is 0.0960. The second-order valence-electron chi connectivity index (χ2n) is 1.92. The Balaban J connectivity index is 3.33. The maximum absolute atomic E-state index is 10.6. The van der Waals surface area contributed by atoms with Gasteiger partial charge in [-0.15, -0.1) is 6.58 Å². The molecule has 0 amide bonds. The lowest BCUT2D eigenvalue weighted by atomic mass is 10.3. The van der Waals surface area contributed by atoms with Crippen LogP contribution in [-0.4, -0.2) is 23.7 Å². The van der Waals surface area contributed by atoms with E-state index in [0.29, 0.717) is 0 Å². The molecule has 0 atom stereocenters. The molecule has 5 heteroatoms. The van der Waals surface area contributed by atoms with Crippen molar-refractivity contribution in [2.24, 2.45) is 0 Å². The van der Waals surface area contributed by atoms with E-state index in [-0.39, 0.29) is 19.4 Å². The van der Waals surface area contributed by atoms with Gasteiger partial charge in [0.2, 0.25) is 0 Å². The highest BCUT2D eigenvalue weighted by molar-refractivity contribution is 5.76. The lowest BCUT2D eigenvalue weighted by molar-refractivity contribution is -0.265. The molecule has 0 aliphatic carbocycles. The third kappa shape index (κ3) is 6.76. The van der Waals surface area contributed by atoms with Crippen molar-refractivity contribution < 1.29 is 24.5 Å². The topological polar surface area (TPSA) is 72.8 Å². The van der Waals surface area contributed by atoms with Crippen LogP contribution in [0.1, 0.15) is 12.8 Å². The molecule has 0 aliphatic rings. The molecule has 0 aromatic heterocycles. The molecular weight excluding hydrogens is 164 g/mol. The first-order valence-corrected chi connectivity index (χ1v) is 3.31. The van der Waals surface area contributed by atoms with Crippen molar-refractivity contribution in [2.45, 2.75) is 12.8 Å². The van der Waals surface area contributed by atoms with Crippen LogP contribution >= 0.6 is 0 Å². The Morgan fingerprint density at radius 3 is 2.58 bits per heavy atom. The van der Waals surface area contributed by atoms with E-state index in [1.807, 2.05) is 0 Å². The van der Waals surface area contributed by atoms with Gasteiger partial charge in [0.05, 0.1) is 12.8 Å². The smallest absolute Gasteiger partial charge is 0.342 e. The van der Waals surface area contributed by atoms with E-state index in [4.69, 9.17) is 5.11 Å². The minimum Gasteiger partial charge on any atom is -0.481 e. The number of carbonyl (C=O) groups is 2. The third-order valence-electron chi connectivity index (χ3n) is 0.881. The number of carboxylic acids is 1. The largest absolute Gasteiger partial charge is 0.481 e. The van der Waals surface area contributed by atoms with Gasteiger partial charge in [-0.1, -0.05) is 6.08 Å². The summed E-state index contributed by atoms with van der Waals surface area (Å²) in [6.07, 6.45) is 0.966. The van der Waals surface area contributed by atoms with E-state index < -0.39 is 11.9 Å². The highest BCUT2D eigenvalue weighted by atomic mass is 17.2. The first-order chi connectivity index (χ1) is 5.66. The second-order valence-corrected chi connectivity index (χ2v) is 1.92. The number of aliphatic carboxylic acids is 1. The molecule has 0 heterocycles. The molecule has 0 aliphatic heterocycles. The van der Waals surface area contributed by atoms with Gasteiger partial charge in [-0.25, -0.2) is 4.79 Å². The lowest BCUT2D eigenvalue weighted by Crippen LogP contribution is -2.07. The fourth-order valence-corrected chi connectivity index (χ4v) is 0.399. The summed E-state index contributed by atoms with van der Waals surface area (Å²) < 4.78 is 0. The first-order valence-electron chi connectivity index (χ1n) is 3.31. The summed E-state index contributed by atoms with van der Waals surface area (Å²) >= 11 is 0. The van der Waals surface area contributed by atoms with Crippen molar-refractivity contribution >= 4 is 11.9 Å². The van der Waals surface area contributed by atoms with Crippen molar-refractivity contribution in [1.29, 1.82) is 0 Å². The van der Waals surface area contributed by atoms with Gasteiger partial charge in [-0.3, -0.25) is 9.68 Å². The van der Waals surface area contributed by atoms with Crippen LogP contribution in [0.4, 0.5) is 0 Å². The lowest BCUT2D eigenvalue weighted by Gasteiger charge is -1.98. The molecule has 0 spiro atoms. The molecule has 0 saturated carbocycles. The summed E-state index contributed by atoms with van der Waals surface area (Å²) in [5, 5.41) is 8.17. The van der Waals surface area contributed by atoms with E-state index >= 15 is 0 Å². The number of hydrogen-bond acceptors (Lipinski definition) is 4. The van der Waals surface area contributed by atoms with Crippen molar-refractivity contribution in [1.82, 2.24) is 0 Å². The van der Waals surface area contributed by atoms with Gasteiger partial charge in [-0.2, -0.15) is 4.89 Å². The van der Waals surface area contributed by atoms with Crippen LogP contribution in [-0.2, 0) is 19.4 Å². The third-order valence-corrected chi connectivity index (χ3v) is 0.881. The highest BCUT2D eigenvalue weighted by Crippen LogP contribution is 1.93. The molecule has 0 aromatic rings. The van der Waals surface area contributed by atoms with Gasteiger partial charge >= 0.3 is 11.9 Å². The van der Waals surface area contributed by atoms with Crippen LogP contribution in [0.3, 0.4) is 0 Å². The SMILES string of the molecule is C=CCOOC(=O)CCC(=O)O.